The summed E-state index contributed by atoms with van der Waals surface area (Å²) in [6, 6.07) is 16.7. The Kier molecular flexibility index (Phi) is 5.53. The number of nitrogens with one attached hydrogen (secondary N) is 1. The van der Waals surface area contributed by atoms with Crippen LogP contribution in [0.2, 0.25) is 10.0 Å². The molecule has 6 rings (SSSR count). The first-order chi connectivity index (χ1) is 17.5. The number of tetrazole rings is 1. The van der Waals surface area contributed by atoms with E-state index >= 15 is 0 Å². The summed E-state index contributed by atoms with van der Waals surface area (Å²) in [4.78, 5) is 4.78. The standard InChI is InChI=1S/C24H16Cl2N8OS/c1-33-22(28-30-24(33)36)19-17(11-35)16(12-5-7-14(25)8-6-12)10-18-20(19)21(13-3-2-4-15(26)9-13)27-23-29-31-32-34(18)23/h2-10,35H,11H2,1H3,(H,30,36). The Labute approximate surface area is 219 Å². The molecular weight excluding hydrogens is 519 g/mol. The summed E-state index contributed by atoms with van der Waals surface area (Å²) >= 11 is 17.9. The largest absolute Gasteiger partial charge is 0.392 e. The molecule has 36 heavy (non-hydrogen) atoms. The first-order valence-corrected chi connectivity index (χ1v) is 11.9. The van der Waals surface area contributed by atoms with E-state index in [0.29, 0.717) is 54.1 Å². The van der Waals surface area contributed by atoms with Gasteiger partial charge in [-0.15, -0.1) is 0 Å². The number of hydrogen-bond acceptors (Lipinski definition) is 7. The maximum absolute atomic E-state index is 10.7. The molecule has 0 atom stereocenters. The molecule has 0 aliphatic carbocycles. The molecule has 0 saturated carbocycles. The topological polar surface area (TPSA) is 110 Å². The van der Waals surface area contributed by atoms with Gasteiger partial charge in [-0.05, 0) is 69.7 Å². The summed E-state index contributed by atoms with van der Waals surface area (Å²) in [6.45, 7) is -0.272. The summed E-state index contributed by atoms with van der Waals surface area (Å²) in [7, 11) is 1.81. The molecule has 0 saturated heterocycles. The molecule has 0 aliphatic rings. The molecule has 6 aromatic rings. The van der Waals surface area contributed by atoms with Gasteiger partial charge in [0.25, 0.3) is 5.78 Å². The molecular formula is C24H16Cl2N8OS. The summed E-state index contributed by atoms with van der Waals surface area (Å²) in [5.74, 6) is 0.847. The Morgan fingerprint density at radius 3 is 2.53 bits per heavy atom. The lowest BCUT2D eigenvalue weighted by atomic mass is 9.90. The Morgan fingerprint density at radius 1 is 1.03 bits per heavy atom. The number of halogens is 2. The van der Waals surface area contributed by atoms with Crippen molar-refractivity contribution in [3.8, 4) is 33.8 Å². The van der Waals surface area contributed by atoms with Crippen LogP contribution < -0.4 is 0 Å². The van der Waals surface area contributed by atoms with Gasteiger partial charge >= 0.3 is 0 Å². The predicted octanol–water partition coefficient (Wildman–Crippen LogP) is 5.26. The predicted molar refractivity (Wildman–Crippen MR) is 140 cm³/mol. The SMILES string of the molecule is Cn1c(-c2c(CO)c(-c3ccc(Cl)cc3)cc3c2c(-c2cccc(Cl)c2)nc2nnnn23)n[nH]c1=S. The highest BCUT2D eigenvalue weighted by Crippen LogP contribution is 2.42. The third-order valence-electron chi connectivity index (χ3n) is 6.06. The van der Waals surface area contributed by atoms with Gasteiger partial charge in [0.1, 0.15) is 0 Å². The van der Waals surface area contributed by atoms with Crippen LogP contribution in [0.1, 0.15) is 5.56 Å². The molecule has 0 radical (unpaired) electrons. The monoisotopic (exact) mass is 534 g/mol. The number of aliphatic hydroxyl groups is 1. The van der Waals surface area contributed by atoms with Crippen LogP contribution in [0, 0.1) is 4.77 Å². The van der Waals surface area contributed by atoms with Crippen molar-refractivity contribution in [1.29, 1.82) is 0 Å². The lowest BCUT2D eigenvalue weighted by Gasteiger charge is -2.19. The molecule has 0 spiro atoms. The van der Waals surface area contributed by atoms with Crippen LogP contribution in [-0.4, -0.2) is 44.9 Å². The van der Waals surface area contributed by atoms with Crippen LogP contribution in [-0.2, 0) is 13.7 Å². The van der Waals surface area contributed by atoms with Gasteiger partial charge in [0.15, 0.2) is 10.6 Å². The van der Waals surface area contributed by atoms with Gasteiger partial charge in [0.2, 0.25) is 0 Å². The molecule has 0 aliphatic heterocycles. The third-order valence-corrected chi connectivity index (χ3v) is 6.91. The number of hydrogen-bond donors (Lipinski definition) is 2. The summed E-state index contributed by atoms with van der Waals surface area (Å²) in [5.41, 5.74) is 4.94. The summed E-state index contributed by atoms with van der Waals surface area (Å²) in [6.07, 6.45) is 0. The van der Waals surface area contributed by atoms with Crippen molar-refractivity contribution in [2.24, 2.45) is 7.05 Å². The van der Waals surface area contributed by atoms with Gasteiger partial charge < -0.3 is 9.67 Å². The molecule has 9 nitrogen and oxygen atoms in total. The molecule has 0 fully saturated rings. The van der Waals surface area contributed by atoms with E-state index in [9.17, 15) is 5.11 Å². The van der Waals surface area contributed by atoms with Gasteiger partial charge in [-0.25, -0.2) is 4.98 Å². The second kappa shape index (κ2) is 8.75. The second-order valence-corrected chi connectivity index (χ2v) is 9.37. The Bertz CT molecular complexity index is 1840. The second-order valence-electron chi connectivity index (χ2n) is 8.11. The number of aromatic nitrogens is 8. The van der Waals surface area contributed by atoms with E-state index in [1.807, 2.05) is 43.4 Å². The van der Waals surface area contributed by atoms with E-state index in [-0.39, 0.29) is 6.61 Å². The van der Waals surface area contributed by atoms with Gasteiger partial charge in [-0.3, -0.25) is 5.10 Å². The van der Waals surface area contributed by atoms with Crippen LogP contribution in [0.3, 0.4) is 0 Å². The fourth-order valence-electron chi connectivity index (χ4n) is 4.39. The van der Waals surface area contributed by atoms with E-state index < -0.39 is 0 Å². The fraction of sp³-hybridized carbons (Fsp3) is 0.0833. The average Bonchev–Trinajstić information content (AvgIpc) is 3.49. The molecule has 3 aromatic heterocycles. The van der Waals surface area contributed by atoms with Crippen LogP contribution in [0.5, 0.6) is 0 Å². The van der Waals surface area contributed by atoms with Crippen LogP contribution >= 0.6 is 35.4 Å². The third kappa shape index (κ3) is 3.58. The highest BCUT2D eigenvalue weighted by atomic mass is 35.5. The molecule has 12 heteroatoms. The van der Waals surface area contributed by atoms with Crippen molar-refractivity contribution < 1.29 is 5.11 Å². The summed E-state index contributed by atoms with van der Waals surface area (Å²) < 4.78 is 3.74. The number of rotatable bonds is 4. The van der Waals surface area contributed by atoms with Gasteiger partial charge in [0.05, 0.1) is 17.8 Å². The molecule has 178 valence electrons. The summed E-state index contributed by atoms with van der Waals surface area (Å²) in [5, 5.41) is 32.1. The van der Waals surface area contributed by atoms with Gasteiger partial charge in [-0.2, -0.15) is 9.61 Å². The van der Waals surface area contributed by atoms with E-state index in [1.165, 1.54) is 0 Å². The van der Waals surface area contributed by atoms with Crippen molar-refractivity contribution in [3.05, 3.63) is 75.0 Å². The first kappa shape index (κ1) is 22.7. The fourth-order valence-corrected chi connectivity index (χ4v) is 4.84. The number of aliphatic hydroxyl groups excluding tert-OH is 1. The minimum Gasteiger partial charge on any atom is -0.392 e. The van der Waals surface area contributed by atoms with Crippen LogP contribution in [0.15, 0.2) is 54.6 Å². The Balaban J connectivity index is 1.87. The van der Waals surface area contributed by atoms with E-state index in [0.717, 1.165) is 16.7 Å². The highest BCUT2D eigenvalue weighted by molar-refractivity contribution is 7.71. The quantitative estimate of drug-likeness (QED) is 0.296. The molecule has 0 bridgehead atoms. The maximum atomic E-state index is 10.7. The van der Waals surface area contributed by atoms with E-state index in [4.69, 9.17) is 40.4 Å². The van der Waals surface area contributed by atoms with Crippen LogP contribution in [0.25, 0.3) is 50.5 Å². The Morgan fingerprint density at radius 2 is 1.83 bits per heavy atom. The number of benzene rings is 3. The lowest BCUT2D eigenvalue weighted by Crippen LogP contribution is -2.06. The van der Waals surface area contributed by atoms with Crippen molar-refractivity contribution in [1.82, 2.24) is 39.8 Å². The van der Waals surface area contributed by atoms with Crippen LogP contribution in [0.4, 0.5) is 0 Å². The normalized spacial score (nSPS) is 11.6. The van der Waals surface area contributed by atoms with E-state index in [1.54, 1.807) is 27.3 Å². The zero-order chi connectivity index (χ0) is 25.0. The maximum Gasteiger partial charge on any atom is 0.274 e. The van der Waals surface area contributed by atoms with Crippen molar-refractivity contribution in [2.75, 3.05) is 0 Å². The molecule has 3 aromatic carbocycles. The number of fused-ring (bicyclic) bond motifs is 3. The lowest BCUT2D eigenvalue weighted by molar-refractivity contribution is 0.283. The zero-order valence-corrected chi connectivity index (χ0v) is 21.0. The molecule has 2 N–H and O–H groups in total. The molecule has 0 amide bonds. The van der Waals surface area contributed by atoms with Crippen molar-refractivity contribution in [3.63, 3.8) is 0 Å². The minimum atomic E-state index is -0.272. The van der Waals surface area contributed by atoms with E-state index in [2.05, 4.69) is 25.7 Å². The highest BCUT2D eigenvalue weighted by Gasteiger charge is 2.25. The smallest absolute Gasteiger partial charge is 0.274 e. The Hall–Kier alpha value is -3.70. The van der Waals surface area contributed by atoms with Crippen molar-refractivity contribution >= 4 is 52.1 Å². The minimum absolute atomic E-state index is 0.272. The molecule has 3 heterocycles. The van der Waals surface area contributed by atoms with Gasteiger partial charge in [-0.1, -0.05) is 52.6 Å². The molecule has 0 unspecified atom stereocenters. The van der Waals surface area contributed by atoms with Gasteiger partial charge in [0, 0.05) is 33.6 Å². The van der Waals surface area contributed by atoms with Crippen molar-refractivity contribution in [2.45, 2.75) is 6.61 Å². The number of H-pyrrole nitrogens is 1. The first-order valence-electron chi connectivity index (χ1n) is 10.8. The average molecular weight is 535 g/mol. The zero-order valence-electron chi connectivity index (χ0n) is 18.6. The number of nitrogens with zero attached hydrogens (tertiary/aromatic N) is 7. The number of aromatic amines is 1.